The Labute approximate surface area is 383 Å². The molecule has 0 heterocycles. The second kappa shape index (κ2) is 20.2. The third kappa shape index (κ3) is 11.7. The van der Waals surface area contributed by atoms with Gasteiger partial charge >= 0.3 is 112 Å². The molecule has 0 unspecified atom stereocenters. The van der Waals surface area contributed by atoms with E-state index in [0.717, 1.165) is 16.5 Å². The minimum Gasteiger partial charge on any atom is -1.00 e. The number of hydrogen-bond acceptors (Lipinski definition) is 0. The van der Waals surface area contributed by atoms with Crippen molar-refractivity contribution in [2.24, 2.45) is 0 Å². The third-order valence-electron chi connectivity index (χ3n) is 10.2. The predicted octanol–water partition coefficient (Wildman–Crippen LogP) is 9.68. The second-order valence-electron chi connectivity index (χ2n) is 16.7. The molecule has 1 aliphatic rings. The summed E-state index contributed by atoms with van der Waals surface area (Å²) in [6, 6.07) is 45.8. The molecule has 296 valence electrons. The van der Waals surface area contributed by atoms with Crippen LogP contribution in [0, 0.1) is 19.9 Å². The van der Waals surface area contributed by atoms with Gasteiger partial charge in [-0.3, -0.25) is 6.08 Å². The van der Waals surface area contributed by atoms with Gasteiger partial charge in [-0.1, -0.05) is 101 Å². The van der Waals surface area contributed by atoms with E-state index < -0.39 is 0 Å². The molecular weight excluding hydrogens is 870 g/mol. The molecule has 0 atom stereocenters. The topological polar surface area (TPSA) is 0 Å². The minimum atomic E-state index is 0. The van der Waals surface area contributed by atoms with Crippen molar-refractivity contribution in [2.45, 2.75) is 72.6 Å². The van der Waals surface area contributed by atoms with Crippen molar-refractivity contribution < 1.29 is 49.0 Å². The van der Waals surface area contributed by atoms with E-state index in [-0.39, 0.29) is 35.6 Å². The van der Waals surface area contributed by atoms with Crippen LogP contribution in [-0.4, -0.2) is 3.21 Å². The van der Waals surface area contributed by atoms with Crippen molar-refractivity contribution in [3.05, 3.63) is 195 Å². The Morgan fingerprint density at radius 2 is 0.948 bits per heavy atom. The van der Waals surface area contributed by atoms with Crippen LogP contribution in [0.4, 0.5) is 0 Å². The van der Waals surface area contributed by atoms with E-state index in [0.29, 0.717) is 0 Å². The van der Waals surface area contributed by atoms with E-state index in [9.17, 15) is 0 Å². The van der Waals surface area contributed by atoms with Gasteiger partial charge in [-0.2, -0.15) is 6.08 Å². The fourth-order valence-electron chi connectivity index (χ4n) is 7.03. The Bertz CT molecular complexity index is 2350. The number of benzene rings is 6. The van der Waals surface area contributed by atoms with Crippen molar-refractivity contribution in [1.82, 2.24) is 0 Å². The van der Waals surface area contributed by atoms with Crippen molar-refractivity contribution in [3.8, 4) is 22.3 Å². The Kier molecular flexibility index (Phi) is 16.5. The summed E-state index contributed by atoms with van der Waals surface area (Å²) in [5.41, 5.74) is 12.9. The van der Waals surface area contributed by atoms with Gasteiger partial charge in [0.05, 0.1) is 0 Å². The molecule has 0 N–H and O–H groups in total. The molecule has 1 aliphatic carbocycles. The molecule has 7 aromatic rings. The molecule has 0 fully saturated rings. The number of hydrogen-bond donors (Lipinski definition) is 0. The summed E-state index contributed by atoms with van der Waals surface area (Å²) in [6.07, 6.45) is 10.0. The molecule has 0 aliphatic heterocycles. The van der Waals surface area contributed by atoms with Crippen molar-refractivity contribution in [2.75, 3.05) is 0 Å². The average molecular weight is 920 g/mol. The van der Waals surface area contributed by atoms with Crippen LogP contribution < -0.4 is 24.8 Å². The second-order valence-corrected chi connectivity index (χ2v) is 18.8. The predicted molar refractivity (Wildman–Crippen MR) is 242 cm³/mol. The molecular formula is C53H50Cl4Zr-2. The first-order valence-electron chi connectivity index (χ1n) is 19.3. The van der Waals surface area contributed by atoms with Gasteiger partial charge in [0.15, 0.2) is 0 Å². The summed E-state index contributed by atoms with van der Waals surface area (Å²) in [4.78, 5) is 0. The zero-order valence-electron chi connectivity index (χ0n) is 34.6. The number of allylic oxidation sites excluding steroid dienone is 4. The normalized spacial score (nSPS) is 11.9. The quantitative estimate of drug-likeness (QED) is 0.155. The summed E-state index contributed by atoms with van der Waals surface area (Å²) in [7, 11) is 0. The van der Waals surface area contributed by atoms with E-state index >= 15 is 0 Å². The first-order valence-corrected chi connectivity index (χ1v) is 21.3. The van der Waals surface area contributed by atoms with Gasteiger partial charge in [-0.15, -0.1) is 46.2 Å². The third-order valence-corrected chi connectivity index (χ3v) is 12.1. The first-order chi connectivity index (χ1) is 26.6. The molecule has 0 radical (unpaired) electrons. The van der Waals surface area contributed by atoms with Gasteiger partial charge in [-0.25, -0.2) is 12.2 Å². The number of rotatable bonds is 4. The molecule has 0 nitrogen and oxygen atoms in total. The molecule has 7 aromatic carbocycles. The van der Waals surface area contributed by atoms with E-state index in [4.69, 9.17) is 23.2 Å². The van der Waals surface area contributed by atoms with Gasteiger partial charge in [-0.05, 0) is 68.5 Å². The molecule has 5 heteroatoms. The largest absolute Gasteiger partial charge is 1.00 e. The number of aryl methyl sites for hydroxylation is 2. The molecule has 0 aromatic heterocycles. The molecule has 8 rings (SSSR count). The molecule has 58 heavy (non-hydrogen) atoms. The van der Waals surface area contributed by atoms with E-state index in [2.05, 4.69) is 171 Å². The maximum atomic E-state index is 6.20. The monoisotopic (exact) mass is 916 g/mol. The van der Waals surface area contributed by atoms with Crippen molar-refractivity contribution >= 4 is 48.0 Å². The molecule has 0 bridgehead atoms. The first kappa shape index (κ1) is 47.3. The molecule has 0 spiro atoms. The fourth-order valence-corrected chi connectivity index (χ4v) is 8.10. The molecule has 0 saturated carbocycles. The maximum Gasteiger partial charge on any atom is -0.109 e. The van der Waals surface area contributed by atoms with Gasteiger partial charge in [0.2, 0.25) is 0 Å². The average Bonchev–Trinajstić information content (AvgIpc) is 3.86. The number of fused-ring (bicyclic) bond motifs is 3. The Balaban J connectivity index is 0.000000268. The van der Waals surface area contributed by atoms with Crippen LogP contribution in [0.15, 0.2) is 146 Å². The Morgan fingerprint density at radius 3 is 1.24 bits per heavy atom. The van der Waals surface area contributed by atoms with Crippen LogP contribution >= 0.6 is 23.2 Å². The van der Waals surface area contributed by atoms with E-state index in [1.54, 1.807) is 0 Å². The van der Waals surface area contributed by atoms with Crippen LogP contribution in [0.3, 0.4) is 0 Å². The van der Waals surface area contributed by atoms with Crippen molar-refractivity contribution in [3.63, 3.8) is 0 Å². The van der Waals surface area contributed by atoms with Crippen molar-refractivity contribution in [1.29, 1.82) is 0 Å². The SMILES string of the molecule is CC(C)(C)c1cc2c(cc1-c1ccc(Cl)cc1)[cH-]c1cc(-c3ccc(Cl)cc3)c(C(C)(C)C)cc12.Cc1ccc([C](=[Zr+2])c2ccc(C)cc2)cc1.[C-]1=CC=CC1.[Cl-].[Cl-]. The van der Waals surface area contributed by atoms with Crippen LogP contribution in [0.1, 0.15) is 81.3 Å². The van der Waals surface area contributed by atoms with Gasteiger partial charge in [0.1, 0.15) is 0 Å². The van der Waals surface area contributed by atoms with Crippen LogP contribution in [0.5, 0.6) is 0 Å². The van der Waals surface area contributed by atoms with Gasteiger partial charge in [0.25, 0.3) is 0 Å². The summed E-state index contributed by atoms with van der Waals surface area (Å²) in [5, 5.41) is 6.69. The summed E-state index contributed by atoms with van der Waals surface area (Å²) in [6.45, 7) is 18.0. The van der Waals surface area contributed by atoms with Crippen LogP contribution in [0.25, 0.3) is 43.8 Å². The summed E-state index contributed by atoms with van der Waals surface area (Å²) in [5.74, 6) is 0. The summed E-state index contributed by atoms with van der Waals surface area (Å²) >= 11 is 13.9. The zero-order valence-corrected chi connectivity index (χ0v) is 40.1. The fraction of sp³-hybridized carbons (Fsp3) is 0.208. The minimum absolute atomic E-state index is 0. The Hall–Kier alpha value is -3.42. The van der Waals surface area contributed by atoms with Gasteiger partial charge in [0, 0.05) is 10.0 Å². The smallest absolute Gasteiger partial charge is 0.109 e. The Morgan fingerprint density at radius 1 is 0.569 bits per heavy atom. The number of halogens is 4. The summed E-state index contributed by atoms with van der Waals surface area (Å²) < 4.78 is 1.42. The maximum absolute atomic E-state index is 6.20. The van der Waals surface area contributed by atoms with E-state index in [1.165, 1.54) is 105 Å². The standard InChI is InChI=1S/C33H31Cl2.C15H14.C5H5.2ClH.Zr/c1-32(2,3)30-18-26-22(16-28(30)20-7-11-24(34)12-8-20)15-23-17-29(21-9-13-25(35)14-10-21)31(19-27(23)26)33(4,5)6;1-12-3-7-14(8-4-12)11-15-9-5-13(2)6-10-15;1-2-4-5-3-1;;;/h7-19H,1-6H3;3-10H,1-2H3;1-3H,4H2;2*1H;/q-1;;-1;;;+2/p-2. The molecule has 0 saturated heterocycles. The van der Waals surface area contributed by atoms with E-state index in [1.807, 2.05) is 36.4 Å². The van der Waals surface area contributed by atoms with Crippen LogP contribution in [-0.2, 0) is 35.1 Å². The van der Waals surface area contributed by atoms with Gasteiger partial charge < -0.3 is 24.8 Å². The van der Waals surface area contributed by atoms with Crippen LogP contribution in [0.2, 0.25) is 10.0 Å². The zero-order chi connectivity index (χ0) is 40.2. The molecule has 0 amide bonds.